The molecule has 0 aliphatic rings. The maximum Gasteiger partial charge on any atom is 0.358 e. The number of hydrogen-bond donors (Lipinski definition) is 1. The van der Waals surface area contributed by atoms with Gasteiger partial charge in [-0.1, -0.05) is 0 Å². The zero-order valence-electron chi connectivity index (χ0n) is 9.35. The number of hydrogen-bond acceptors (Lipinski definition) is 4. The predicted octanol–water partition coefficient (Wildman–Crippen LogP) is 1.65. The van der Waals surface area contributed by atoms with Gasteiger partial charge in [0.2, 0.25) is 0 Å². The lowest BCUT2D eigenvalue weighted by atomic mass is 10.2. The van der Waals surface area contributed by atoms with Crippen LogP contribution >= 0.6 is 0 Å². The predicted molar refractivity (Wildman–Crippen MR) is 56.5 cm³/mol. The van der Waals surface area contributed by atoms with Gasteiger partial charge in [0.05, 0.1) is 11.7 Å². The van der Waals surface area contributed by atoms with E-state index in [4.69, 9.17) is 9.84 Å². The molecule has 0 unspecified atom stereocenters. The quantitative estimate of drug-likeness (QED) is 0.788. The van der Waals surface area contributed by atoms with Crippen LogP contribution in [-0.4, -0.2) is 28.1 Å². The number of aromatic nitrogens is 1. The van der Waals surface area contributed by atoms with E-state index in [1.807, 2.05) is 0 Å². The Bertz CT molecular complexity index is 426. The largest absolute Gasteiger partial charge is 0.478 e. The van der Waals surface area contributed by atoms with Gasteiger partial charge in [-0.05, 0) is 32.9 Å². The lowest BCUT2D eigenvalue weighted by molar-refractivity contribution is 0.0363. The van der Waals surface area contributed by atoms with Gasteiger partial charge >= 0.3 is 11.9 Å². The Kier molecular flexibility index (Phi) is 3.60. The standard InChI is InChI=1S/C11H13NO4/c1-6(2)16-11(15)9-8(10(13)14)5-4-7(3)12-9/h4-6H,1-3H3,(H,13,14). The molecule has 5 heteroatoms. The van der Waals surface area contributed by atoms with Crippen LogP contribution in [0.15, 0.2) is 12.1 Å². The second kappa shape index (κ2) is 4.74. The number of rotatable bonds is 3. The Morgan fingerprint density at radius 1 is 1.38 bits per heavy atom. The Labute approximate surface area is 93.1 Å². The van der Waals surface area contributed by atoms with E-state index in [1.54, 1.807) is 20.8 Å². The zero-order valence-corrected chi connectivity index (χ0v) is 9.35. The first-order valence-corrected chi connectivity index (χ1v) is 4.83. The van der Waals surface area contributed by atoms with Crippen molar-refractivity contribution < 1.29 is 19.4 Å². The highest BCUT2D eigenvalue weighted by atomic mass is 16.5. The number of carboxylic acids is 1. The molecular weight excluding hydrogens is 210 g/mol. The highest BCUT2D eigenvalue weighted by Gasteiger charge is 2.20. The summed E-state index contributed by atoms with van der Waals surface area (Å²) < 4.78 is 4.92. The Morgan fingerprint density at radius 3 is 2.50 bits per heavy atom. The third kappa shape index (κ3) is 2.79. The topological polar surface area (TPSA) is 76.5 Å². The van der Waals surface area contributed by atoms with Crippen molar-refractivity contribution in [2.45, 2.75) is 26.9 Å². The van der Waals surface area contributed by atoms with Gasteiger partial charge < -0.3 is 9.84 Å². The number of carbonyl (C=O) groups excluding carboxylic acids is 1. The van der Waals surface area contributed by atoms with Crippen molar-refractivity contribution in [3.8, 4) is 0 Å². The third-order valence-electron chi connectivity index (χ3n) is 1.80. The molecule has 0 aromatic carbocycles. The van der Waals surface area contributed by atoms with Crippen molar-refractivity contribution in [2.24, 2.45) is 0 Å². The van der Waals surface area contributed by atoms with E-state index in [-0.39, 0.29) is 17.4 Å². The molecule has 1 rings (SSSR count). The average molecular weight is 223 g/mol. The number of aryl methyl sites for hydroxylation is 1. The minimum absolute atomic E-state index is 0.142. The molecule has 0 bridgehead atoms. The lowest BCUT2D eigenvalue weighted by Crippen LogP contribution is -2.17. The fourth-order valence-corrected chi connectivity index (χ4v) is 1.15. The van der Waals surface area contributed by atoms with Gasteiger partial charge in [-0.3, -0.25) is 0 Å². The molecule has 0 radical (unpaired) electrons. The van der Waals surface area contributed by atoms with Gasteiger partial charge in [-0.2, -0.15) is 0 Å². The number of nitrogens with zero attached hydrogens (tertiary/aromatic N) is 1. The highest BCUT2D eigenvalue weighted by molar-refractivity contribution is 6.00. The number of pyridine rings is 1. The van der Waals surface area contributed by atoms with E-state index in [9.17, 15) is 9.59 Å². The van der Waals surface area contributed by atoms with Crippen LogP contribution in [0.5, 0.6) is 0 Å². The average Bonchev–Trinajstić information content (AvgIpc) is 2.15. The molecule has 86 valence electrons. The number of ether oxygens (including phenoxy) is 1. The van der Waals surface area contributed by atoms with E-state index >= 15 is 0 Å². The summed E-state index contributed by atoms with van der Waals surface area (Å²) in [4.78, 5) is 26.4. The highest BCUT2D eigenvalue weighted by Crippen LogP contribution is 2.10. The molecule has 0 atom stereocenters. The molecule has 1 N–H and O–H groups in total. The molecular formula is C11H13NO4. The summed E-state index contributed by atoms with van der Waals surface area (Å²) in [6, 6.07) is 2.89. The molecule has 0 fully saturated rings. The first-order chi connectivity index (χ1) is 7.41. The van der Waals surface area contributed by atoms with Gasteiger partial charge in [-0.15, -0.1) is 0 Å². The lowest BCUT2D eigenvalue weighted by Gasteiger charge is -2.09. The van der Waals surface area contributed by atoms with Gasteiger partial charge in [0.15, 0.2) is 5.69 Å². The van der Waals surface area contributed by atoms with Gasteiger partial charge in [-0.25, -0.2) is 14.6 Å². The maximum absolute atomic E-state index is 11.6. The van der Waals surface area contributed by atoms with Gasteiger partial charge in [0.25, 0.3) is 0 Å². The summed E-state index contributed by atoms with van der Waals surface area (Å²) in [5.41, 5.74) is 0.276. The Morgan fingerprint density at radius 2 is 2.00 bits per heavy atom. The third-order valence-corrected chi connectivity index (χ3v) is 1.80. The smallest absolute Gasteiger partial charge is 0.358 e. The molecule has 5 nitrogen and oxygen atoms in total. The van der Waals surface area contributed by atoms with Crippen LogP contribution in [0, 0.1) is 6.92 Å². The molecule has 0 amide bonds. The summed E-state index contributed by atoms with van der Waals surface area (Å²) in [5.74, 6) is -1.90. The number of esters is 1. The summed E-state index contributed by atoms with van der Waals surface area (Å²) in [7, 11) is 0. The van der Waals surface area contributed by atoms with Gasteiger partial charge in [0, 0.05) is 5.69 Å². The van der Waals surface area contributed by atoms with Crippen LogP contribution < -0.4 is 0 Å². The number of carboxylic acid groups (broad SMARTS) is 1. The molecule has 16 heavy (non-hydrogen) atoms. The van der Waals surface area contributed by atoms with Crippen molar-refractivity contribution >= 4 is 11.9 Å². The van der Waals surface area contributed by atoms with E-state index < -0.39 is 11.9 Å². The molecule has 0 saturated carbocycles. The Hall–Kier alpha value is -1.91. The summed E-state index contributed by atoms with van der Waals surface area (Å²) in [6.07, 6.45) is -0.309. The van der Waals surface area contributed by atoms with E-state index in [1.165, 1.54) is 12.1 Å². The normalized spacial score (nSPS) is 10.2. The Balaban J connectivity index is 3.14. The molecule has 1 heterocycles. The van der Waals surface area contributed by atoms with E-state index in [0.29, 0.717) is 5.69 Å². The summed E-state index contributed by atoms with van der Waals surface area (Å²) in [5, 5.41) is 8.89. The molecule has 0 spiro atoms. The van der Waals surface area contributed by atoms with E-state index in [2.05, 4.69) is 4.98 Å². The molecule has 1 aromatic heterocycles. The van der Waals surface area contributed by atoms with Crippen LogP contribution in [0.3, 0.4) is 0 Å². The second-order valence-corrected chi connectivity index (χ2v) is 3.61. The monoisotopic (exact) mass is 223 g/mol. The minimum atomic E-state index is -1.19. The van der Waals surface area contributed by atoms with Crippen LogP contribution in [0.25, 0.3) is 0 Å². The van der Waals surface area contributed by atoms with Crippen molar-refractivity contribution in [3.63, 3.8) is 0 Å². The zero-order chi connectivity index (χ0) is 12.3. The van der Waals surface area contributed by atoms with Crippen LogP contribution in [0.1, 0.15) is 40.4 Å². The fourth-order valence-electron chi connectivity index (χ4n) is 1.15. The van der Waals surface area contributed by atoms with E-state index in [0.717, 1.165) is 0 Å². The molecule has 0 saturated heterocycles. The maximum atomic E-state index is 11.6. The molecule has 0 aliphatic heterocycles. The van der Waals surface area contributed by atoms with Crippen molar-refractivity contribution in [1.82, 2.24) is 4.98 Å². The molecule has 0 aliphatic carbocycles. The SMILES string of the molecule is Cc1ccc(C(=O)O)c(C(=O)OC(C)C)n1. The summed E-state index contributed by atoms with van der Waals surface area (Å²) in [6.45, 7) is 5.06. The van der Waals surface area contributed by atoms with Crippen LogP contribution in [0.4, 0.5) is 0 Å². The minimum Gasteiger partial charge on any atom is -0.478 e. The van der Waals surface area contributed by atoms with Gasteiger partial charge in [0.1, 0.15) is 0 Å². The van der Waals surface area contributed by atoms with Crippen LogP contribution in [-0.2, 0) is 4.74 Å². The van der Waals surface area contributed by atoms with Crippen molar-refractivity contribution in [3.05, 3.63) is 29.1 Å². The summed E-state index contributed by atoms with van der Waals surface area (Å²) >= 11 is 0. The second-order valence-electron chi connectivity index (χ2n) is 3.61. The van der Waals surface area contributed by atoms with Crippen molar-refractivity contribution in [2.75, 3.05) is 0 Å². The van der Waals surface area contributed by atoms with Crippen LogP contribution in [0.2, 0.25) is 0 Å². The first kappa shape index (κ1) is 12.2. The molecule has 1 aromatic rings. The van der Waals surface area contributed by atoms with Crippen molar-refractivity contribution in [1.29, 1.82) is 0 Å². The number of carbonyl (C=O) groups is 2. The fraction of sp³-hybridized carbons (Fsp3) is 0.364. The first-order valence-electron chi connectivity index (χ1n) is 4.83. The number of aromatic carboxylic acids is 1.